The zero-order valence-electron chi connectivity index (χ0n) is 15.5. The van der Waals surface area contributed by atoms with Crippen LogP contribution in [0.1, 0.15) is 29.1 Å². The minimum Gasteiger partial charge on any atom is -0.463 e. The molecule has 6 nitrogen and oxygen atoms in total. The third kappa shape index (κ3) is 3.14. The van der Waals surface area contributed by atoms with E-state index in [1.54, 1.807) is 16.7 Å². The number of aromatic nitrogens is 2. The van der Waals surface area contributed by atoms with Crippen LogP contribution in [0.2, 0.25) is 0 Å². The van der Waals surface area contributed by atoms with E-state index in [0.29, 0.717) is 23.4 Å². The summed E-state index contributed by atoms with van der Waals surface area (Å²) in [5, 5.41) is 2.58. The number of benzene rings is 1. The first-order valence-corrected chi connectivity index (χ1v) is 9.73. The summed E-state index contributed by atoms with van der Waals surface area (Å²) in [5.74, 6) is 0.732. The molecule has 0 unspecified atom stereocenters. The van der Waals surface area contributed by atoms with Crippen molar-refractivity contribution in [3.63, 3.8) is 0 Å². The van der Waals surface area contributed by atoms with E-state index < -0.39 is 5.97 Å². The Labute approximate surface area is 165 Å². The third-order valence-electron chi connectivity index (χ3n) is 4.54. The Kier molecular flexibility index (Phi) is 4.83. The second-order valence-electron chi connectivity index (χ2n) is 6.23. The number of nitrogens with zero attached hydrogens (tertiary/aromatic N) is 2. The molecule has 0 fully saturated rings. The number of ether oxygens (including phenoxy) is 1. The second-order valence-corrected chi connectivity index (χ2v) is 7.08. The molecule has 0 amide bonds. The van der Waals surface area contributed by atoms with Crippen LogP contribution in [0, 0.1) is 0 Å². The maximum atomic E-state index is 13.4. The van der Waals surface area contributed by atoms with Crippen molar-refractivity contribution in [2.24, 2.45) is 0 Å². The van der Waals surface area contributed by atoms with Gasteiger partial charge in [-0.1, -0.05) is 37.3 Å². The lowest BCUT2D eigenvalue weighted by Crippen LogP contribution is -2.25. The molecule has 142 valence electrons. The molecule has 0 aliphatic heterocycles. The largest absolute Gasteiger partial charge is 0.463 e. The van der Waals surface area contributed by atoms with E-state index in [1.807, 2.05) is 42.6 Å². The molecular formula is C21H18N2O4S. The summed E-state index contributed by atoms with van der Waals surface area (Å²) in [6.45, 7) is 2.16. The maximum Gasteiger partial charge on any atom is 0.373 e. The third-order valence-corrected chi connectivity index (χ3v) is 5.41. The number of carbonyl (C=O) groups excluding carboxylic acids is 1. The van der Waals surface area contributed by atoms with Gasteiger partial charge >= 0.3 is 5.97 Å². The lowest BCUT2D eigenvalue weighted by molar-refractivity contribution is 0.0563. The normalized spacial score (nSPS) is 11.1. The van der Waals surface area contributed by atoms with Crippen LogP contribution in [0.25, 0.3) is 21.3 Å². The monoisotopic (exact) mass is 394 g/mol. The van der Waals surface area contributed by atoms with Gasteiger partial charge in [-0.3, -0.25) is 9.36 Å². The van der Waals surface area contributed by atoms with Gasteiger partial charge in [-0.05, 0) is 17.7 Å². The first-order chi connectivity index (χ1) is 13.6. The quantitative estimate of drug-likeness (QED) is 0.476. The van der Waals surface area contributed by atoms with Crippen molar-refractivity contribution in [2.45, 2.75) is 19.9 Å². The molecule has 0 saturated carbocycles. The highest BCUT2D eigenvalue weighted by Crippen LogP contribution is 2.31. The summed E-state index contributed by atoms with van der Waals surface area (Å²) >= 11 is 1.47. The topological polar surface area (TPSA) is 74.3 Å². The van der Waals surface area contributed by atoms with Crippen molar-refractivity contribution in [1.82, 2.24) is 9.55 Å². The van der Waals surface area contributed by atoms with Crippen LogP contribution < -0.4 is 5.56 Å². The summed E-state index contributed by atoms with van der Waals surface area (Å²) in [4.78, 5) is 30.4. The fourth-order valence-corrected chi connectivity index (χ4v) is 4.12. The first kappa shape index (κ1) is 18.2. The Morgan fingerprint density at radius 1 is 1.21 bits per heavy atom. The van der Waals surface area contributed by atoms with Gasteiger partial charge in [0.1, 0.15) is 16.4 Å². The number of thiophene rings is 1. The zero-order valence-corrected chi connectivity index (χ0v) is 16.3. The van der Waals surface area contributed by atoms with Crippen LogP contribution in [-0.2, 0) is 17.7 Å². The van der Waals surface area contributed by atoms with E-state index in [9.17, 15) is 9.59 Å². The van der Waals surface area contributed by atoms with Gasteiger partial charge in [0.2, 0.25) is 5.76 Å². The van der Waals surface area contributed by atoms with Crippen molar-refractivity contribution >= 4 is 27.5 Å². The Morgan fingerprint density at radius 3 is 2.71 bits per heavy atom. The first-order valence-electron chi connectivity index (χ1n) is 8.85. The molecule has 1 aromatic carbocycles. The summed E-state index contributed by atoms with van der Waals surface area (Å²) in [7, 11) is 1.30. The molecule has 0 saturated heterocycles. The van der Waals surface area contributed by atoms with Crippen molar-refractivity contribution in [2.75, 3.05) is 7.11 Å². The van der Waals surface area contributed by atoms with E-state index in [1.165, 1.54) is 18.4 Å². The van der Waals surface area contributed by atoms with Crippen LogP contribution in [0.5, 0.6) is 0 Å². The molecule has 0 bridgehead atoms. The highest BCUT2D eigenvalue weighted by Gasteiger charge is 2.18. The molecule has 28 heavy (non-hydrogen) atoms. The number of aryl methyl sites for hydroxylation is 1. The standard InChI is InChI=1S/C21H18N2O4S/c1-3-17-22-19-18(15(12-28-19)13-7-5-4-6-8-13)20(24)23(17)11-14-9-10-16(27-14)21(25)26-2/h4-10,12H,3,11H2,1-2H3. The fourth-order valence-electron chi connectivity index (χ4n) is 3.16. The lowest BCUT2D eigenvalue weighted by atomic mass is 10.1. The molecule has 3 aromatic heterocycles. The number of fused-ring (bicyclic) bond motifs is 1. The number of furan rings is 1. The molecule has 4 rings (SSSR count). The number of methoxy groups -OCH3 is 1. The average molecular weight is 394 g/mol. The predicted molar refractivity (Wildman–Crippen MR) is 108 cm³/mol. The minimum absolute atomic E-state index is 0.109. The Hall–Kier alpha value is -3.19. The summed E-state index contributed by atoms with van der Waals surface area (Å²) in [6, 6.07) is 13.0. The van der Waals surface area contributed by atoms with E-state index in [-0.39, 0.29) is 17.9 Å². The van der Waals surface area contributed by atoms with Crippen molar-refractivity contribution in [1.29, 1.82) is 0 Å². The summed E-state index contributed by atoms with van der Waals surface area (Å²) in [6.07, 6.45) is 0.605. The number of hydrogen-bond donors (Lipinski definition) is 0. The average Bonchev–Trinajstić information content (AvgIpc) is 3.37. The number of rotatable bonds is 5. The van der Waals surface area contributed by atoms with Gasteiger partial charge in [0, 0.05) is 17.4 Å². The van der Waals surface area contributed by atoms with Crippen LogP contribution in [0.3, 0.4) is 0 Å². The summed E-state index contributed by atoms with van der Waals surface area (Å²) in [5.41, 5.74) is 1.75. The van der Waals surface area contributed by atoms with Crippen molar-refractivity contribution < 1.29 is 13.9 Å². The minimum atomic E-state index is -0.549. The number of carbonyl (C=O) groups is 1. The molecule has 0 aliphatic carbocycles. The van der Waals surface area contributed by atoms with Gasteiger partial charge < -0.3 is 9.15 Å². The highest BCUT2D eigenvalue weighted by molar-refractivity contribution is 7.17. The molecular weight excluding hydrogens is 376 g/mol. The van der Waals surface area contributed by atoms with Gasteiger partial charge in [0.15, 0.2) is 0 Å². The van der Waals surface area contributed by atoms with Crippen LogP contribution in [0.4, 0.5) is 0 Å². The molecule has 3 heterocycles. The van der Waals surface area contributed by atoms with Crippen LogP contribution >= 0.6 is 11.3 Å². The highest BCUT2D eigenvalue weighted by atomic mass is 32.1. The number of esters is 1. The van der Waals surface area contributed by atoms with Gasteiger partial charge in [-0.2, -0.15) is 0 Å². The molecule has 0 spiro atoms. The van der Waals surface area contributed by atoms with Crippen molar-refractivity contribution in [3.05, 3.63) is 75.5 Å². The van der Waals surface area contributed by atoms with E-state index in [0.717, 1.165) is 16.0 Å². The Morgan fingerprint density at radius 2 is 2.00 bits per heavy atom. The Bertz CT molecular complexity index is 1200. The fraction of sp³-hybridized carbons (Fsp3) is 0.190. The summed E-state index contributed by atoms with van der Waals surface area (Å²) < 4.78 is 11.8. The van der Waals surface area contributed by atoms with Crippen LogP contribution in [-0.4, -0.2) is 22.6 Å². The molecule has 4 aromatic rings. The lowest BCUT2D eigenvalue weighted by Gasteiger charge is -2.10. The molecule has 0 radical (unpaired) electrons. The van der Waals surface area contributed by atoms with E-state index >= 15 is 0 Å². The SMILES string of the molecule is CCc1nc2scc(-c3ccccc3)c2c(=O)n1Cc1ccc(C(=O)OC)o1. The van der Waals surface area contributed by atoms with Gasteiger partial charge in [0.05, 0.1) is 19.0 Å². The molecule has 0 atom stereocenters. The van der Waals surface area contributed by atoms with E-state index in [2.05, 4.69) is 4.74 Å². The smallest absolute Gasteiger partial charge is 0.373 e. The van der Waals surface area contributed by atoms with Gasteiger partial charge in [-0.25, -0.2) is 9.78 Å². The number of hydrogen-bond acceptors (Lipinski definition) is 6. The van der Waals surface area contributed by atoms with Crippen LogP contribution in [0.15, 0.2) is 57.1 Å². The zero-order chi connectivity index (χ0) is 19.7. The van der Waals surface area contributed by atoms with Crippen molar-refractivity contribution in [3.8, 4) is 11.1 Å². The maximum absolute atomic E-state index is 13.4. The van der Waals surface area contributed by atoms with E-state index in [4.69, 9.17) is 9.40 Å². The van der Waals surface area contributed by atoms with Gasteiger partial charge in [-0.15, -0.1) is 11.3 Å². The molecule has 0 N–H and O–H groups in total. The molecule has 7 heteroatoms. The second kappa shape index (κ2) is 7.44. The molecule has 0 aliphatic rings. The Balaban J connectivity index is 1.83. The van der Waals surface area contributed by atoms with Gasteiger partial charge in [0.25, 0.3) is 5.56 Å². The predicted octanol–water partition coefficient (Wildman–Crippen LogP) is 4.12.